The number of nitrogens with zero attached hydrogens (tertiary/aromatic N) is 3. The molecule has 1 aliphatic rings. The average molecular weight is 366 g/mol. The van der Waals surface area contributed by atoms with E-state index in [1.54, 1.807) is 24.8 Å². The molecule has 0 spiro atoms. The molecule has 7 heteroatoms. The van der Waals surface area contributed by atoms with Gasteiger partial charge in [-0.1, -0.05) is 35.5 Å². The fraction of sp³-hybridized carbons (Fsp3) is 0.471. The predicted molar refractivity (Wildman–Crippen MR) is 94.7 cm³/mol. The maximum absolute atomic E-state index is 11.0. The van der Waals surface area contributed by atoms with Crippen molar-refractivity contribution in [3.8, 4) is 5.75 Å². The quantitative estimate of drug-likeness (QED) is 0.489. The lowest BCUT2D eigenvalue weighted by Gasteiger charge is -2.10. The van der Waals surface area contributed by atoms with E-state index >= 15 is 0 Å². The molecule has 24 heavy (non-hydrogen) atoms. The number of hydrogen-bond donors (Lipinski definition) is 0. The van der Waals surface area contributed by atoms with Gasteiger partial charge in [-0.05, 0) is 38.3 Å². The van der Waals surface area contributed by atoms with Crippen LogP contribution in [0.4, 0.5) is 0 Å². The number of Topliss-reactive ketones (excluding diaryl/α,β-unsaturated/α-hetero) is 1. The molecule has 0 unspecified atom stereocenters. The van der Waals surface area contributed by atoms with E-state index in [4.69, 9.17) is 16.3 Å². The summed E-state index contributed by atoms with van der Waals surface area (Å²) in [4.78, 5) is 11.0. The predicted octanol–water partition coefficient (Wildman–Crippen LogP) is 4.31. The fourth-order valence-electron chi connectivity index (χ4n) is 2.39. The largest absolute Gasteiger partial charge is 0.484 e. The van der Waals surface area contributed by atoms with Crippen molar-refractivity contribution in [3.63, 3.8) is 0 Å². The minimum atomic E-state index is 0.230. The second-order valence-corrected chi connectivity index (χ2v) is 7.34. The van der Waals surface area contributed by atoms with Crippen LogP contribution >= 0.6 is 23.4 Å². The van der Waals surface area contributed by atoms with Gasteiger partial charge in [-0.2, -0.15) is 0 Å². The lowest BCUT2D eigenvalue weighted by molar-refractivity contribution is -0.117. The van der Waals surface area contributed by atoms with Gasteiger partial charge < -0.3 is 14.1 Å². The van der Waals surface area contributed by atoms with E-state index in [0.717, 1.165) is 36.0 Å². The third-order valence-electron chi connectivity index (χ3n) is 3.74. The average Bonchev–Trinajstić information content (AvgIpc) is 3.32. The van der Waals surface area contributed by atoms with E-state index in [0.29, 0.717) is 29.8 Å². The number of thioether (sulfide) groups is 1. The Hall–Kier alpha value is -1.53. The van der Waals surface area contributed by atoms with Crippen molar-refractivity contribution in [1.82, 2.24) is 14.8 Å². The second kappa shape index (κ2) is 8.03. The first-order chi connectivity index (χ1) is 11.6. The molecule has 0 aliphatic heterocycles. The van der Waals surface area contributed by atoms with Gasteiger partial charge >= 0.3 is 0 Å². The summed E-state index contributed by atoms with van der Waals surface area (Å²) in [6.07, 6.45) is 3.78. The number of halogens is 1. The van der Waals surface area contributed by atoms with Crippen LogP contribution in [0.25, 0.3) is 0 Å². The van der Waals surface area contributed by atoms with Crippen molar-refractivity contribution in [2.75, 3.05) is 5.75 Å². The number of ether oxygens (including phenoxy) is 1. The standard InChI is InChI=1S/C17H20ClN3O2S/c1-12(22)5-4-10-24-17-20-19-16(21(17)13-8-9-13)11-23-15-7-3-2-6-14(15)18/h2-3,6-7,13H,4-5,8-11H2,1H3. The van der Waals surface area contributed by atoms with Gasteiger partial charge in [0.1, 0.15) is 18.1 Å². The summed E-state index contributed by atoms with van der Waals surface area (Å²) < 4.78 is 7.98. The van der Waals surface area contributed by atoms with Crippen LogP contribution in [-0.4, -0.2) is 26.3 Å². The normalized spacial score (nSPS) is 13.9. The van der Waals surface area contributed by atoms with Crippen molar-refractivity contribution in [2.45, 2.75) is 50.4 Å². The number of benzene rings is 1. The molecule has 0 atom stereocenters. The van der Waals surface area contributed by atoms with Crippen LogP contribution in [0, 0.1) is 0 Å². The topological polar surface area (TPSA) is 57.0 Å². The van der Waals surface area contributed by atoms with Crippen LogP contribution in [0.5, 0.6) is 5.75 Å². The molecule has 128 valence electrons. The molecule has 1 saturated carbocycles. The first kappa shape index (κ1) is 17.3. The lowest BCUT2D eigenvalue weighted by atomic mass is 10.3. The zero-order valence-electron chi connectivity index (χ0n) is 13.6. The number of ketones is 1. The molecule has 0 N–H and O–H groups in total. The maximum atomic E-state index is 11.0. The highest BCUT2D eigenvalue weighted by molar-refractivity contribution is 7.99. The molecule has 5 nitrogen and oxygen atoms in total. The summed E-state index contributed by atoms with van der Waals surface area (Å²) >= 11 is 7.78. The Labute approximate surface area is 150 Å². The summed E-state index contributed by atoms with van der Waals surface area (Å²) in [7, 11) is 0. The van der Waals surface area contributed by atoms with Crippen molar-refractivity contribution in [1.29, 1.82) is 0 Å². The molecule has 0 amide bonds. The van der Waals surface area contributed by atoms with Crippen LogP contribution in [0.2, 0.25) is 5.02 Å². The van der Waals surface area contributed by atoms with E-state index < -0.39 is 0 Å². The van der Waals surface area contributed by atoms with Crippen molar-refractivity contribution >= 4 is 29.1 Å². The third kappa shape index (κ3) is 4.51. The van der Waals surface area contributed by atoms with E-state index in [9.17, 15) is 4.79 Å². The lowest BCUT2D eigenvalue weighted by Crippen LogP contribution is -2.07. The fourth-order valence-corrected chi connectivity index (χ4v) is 3.55. The highest BCUT2D eigenvalue weighted by atomic mass is 35.5. The van der Waals surface area contributed by atoms with E-state index in [1.165, 1.54) is 0 Å². The van der Waals surface area contributed by atoms with E-state index in [2.05, 4.69) is 14.8 Å². The highest BCUT2D eigenvalue weighted by Gasteiger charge is 2.29. The summed E-state index contributed by atoms with van der Waals surface area (Å²) in [6.45, 7) is 1.97. The van der Waals surface area contributed by atoms with E-state index in [1.807, 2.05) is 18.2 Å². The van der Waals surface area contributed by atoms with Crippen LogP contribution in [0.3, 0.4) is 0 Å². The molecular weight excluding hydrogens is 346 g/mol. The van der Waals surface area contributed by atoms with Crippen LogP contribution < -0.4 is 4.74 Å². The molecule has 1 aromatic carbocycles. The summed E-state index contributed by atoms with van der Waals surface area (Å²) in [5.74, 6) is 2.58. The van der Waals surface area contributed by atoms with Gasteiger partial charge in [0.05, 0.1) is 5.02 Å². The molecule has 2 aromatic rings. The second-order valence-electron chi connectivity index (χ2n) is 5.87. The smallest absolute Gasteiger partial charge is 0.191 e. The Kier molecular flexibility index (Phi) is 5.79. The van der Waals surface area contributed by atoms with Crippen LogP contribution in [-0.2, 0) is 11.4 Å². The zero-order valence-corrected chi connectivity index (χ0v) is 15.1. The Morgan fingerprint density at radius 1 is 1.38 bits per heavy atom. The number of carbonyl (C=O) groups excluding carboxylic acids is 1. The third-order valence-corrected chi connectivity index (χ3v) is 5.09. The van der Waals surface area contributed by atoms with Gasteiger partial charge in [-0.15, -0.1) is 10.2 Å². The molecule has 1 aliphatic carbocycles. The Morgan fingerprint density at radius 2 is 2.17 bits per heavy atom. The number of para-hydroxylation sites is 1. The van der Waals surface area contributed by atoms with Crippen molar-refractivity contribution in [2.24, 2.45) is 0 Å². The summed E-state index contributed by atoms with van der Waals surface area (Å²) in [6, 6.07) is 7.89. The van der Waals surface area contributed by atoms with Gasteiger partial charge in [0.15, 0.2) is 11.0 Å². The van der Waals surface area contributed by atoms with Gasteiger partial charge in [-0.3, -0.25) is 0 Å². The van der Waals surface area contributed by atoms with Crippen molar-refractivity contribution in [3.05, 3.63) is 35.1 Å². The number of rotatable bonds is 9. The van der Waals surface area contributed by atoms with Gasteiger partial charge in [0, 0.05) is 18.2 Å². The monoisotopic (exact) mass is 365 g/mol. The summed E-state index contributed by atoms with van der Waals surface area (Å²) in [5.41, 5.74) is 0. The Morgan fingerprint density at radius 3 is 2.88 bits per heavy atom. The molecule has 1 fully saturated rings. The number of carbonyl (C=O) groups is 1. The molecule has 1 heterocycles. The van der Waals surface area contributed by atoms with E-state index in [-0.39, 0.29) is 5.78 Å². The minimum Gasteiger partial charge on any atom is -0.484 e. The van der Waals surface area contributed by atoms with Crippen LogP contribution in [0.1, 0.15) is 44.5 Å². The SMILES string of the molecule is CC(=O)CCCSc1nnc(COc2ccccc2Cl)n1C1CC1. The van der Waals surface area contributed by atoms with Gasteiger partial charge in [0.25, 0.3) is 0 Å². The Bertz CT molecular complexity index is 716. The van der Waals surface area contributed by atoms with Crippen molar-refractivity contribution < 1.29 is 9.53 Å². The number of hydrogen-bond acceptors (Lipinski definition) is 5. The molecular formula is C17H20ClN3O2S. The molecule has 0 saturated heterocycles. The first-order valence-electron chi connectivity index (χ1n) is 8.08. The minimum absolute atomic E-state index is 0.230. The molecule has 0 bridgehead atoms. The van der Waals surface area contributed by atoms with Crippen LogP contribution in [0.15, 0.2) is 29.4 Å². The molecule has 1 aromatic heterocycles. The van der Waals surface area contributed by atoms with Gasteiger partial charge in [0.2, 0.25) is 0 Å². The van der Waals surface area contributed by atoms with Gasteiger partial charge in [-0.25, -0.2) is 0 Å². The zero-order chi connectivity index (χ0) is 16.9. The summed E-state index contributed by atoms with van der Waals surface area (Å²) in [5, 5.41) is 10.1. The Balaban J connectivity index is 1.63. The first-order valence-corrected chi connectivity index (χ1v) is 9.45. The molecule has 0 radical (unpaired) electrons. The highest BCUT2D eigenvalue weighted by Crippen LogP contribution is 2.39. The maximum Gasteiger partial charge on any atom is 0.191 e. The number of aromatic nitrogens is 3. The molecule has 3 rings (SSSR count).